The zero-order chi connectivity index (χ0) is 12.4. The van der Waals surface area contributed by atoms with Crippen LogP contribution >= 0.6 is 0 Å². The minimum absolute atomic E-state index is 0.116. The summed E-state index contributed by atoms with van der Waals surface area (Å²) in [6, 6.07) is 3.60. The third-order valence-electron chi connectivity index (χ3n) is 2.15. The third kappa shape index (κ3) is 1.98. The van der Waals surface area contributed by atoms with Crippen molar-refractivity contribution in [2.75, 3.05) is 0 Å². The number of benzene rings is 1. The van der Waals surface area contributed by atoms with E-state index in [0.29, 0.717) is 6.29 Å². The van der Waals surface area contributed by atoms with Crippen LogP contribution in [0.2, 0.25) is 0 Å². The molecule has 0 saturated heterocycles. The minimum Gasteiger partial charge on any atom is -0.508 e. The summed E-state index contributed by atoms with van der Waals surface area (Å²) in [5.74, 6) is 0.0457. The van der Waals surface area contributed by atoms with E-state index in [0.717, 1.165) is 0 Å². The van der Waals surface area contributed by atoms with Crippen LogP contribution in [0, 0.1) is 10.1 Å². The molecule has 0 fully saturated rings. The van der Waals surface area contributed by atoms with E-state index in [1.165, 1.54) is 24.4 Å². The predicted octanol–water partition coefficient (Wildman–Crippen LogP) is 1.50. The molecule has 0 bridgehead atoms. The molecule has 7 heteroatoms. The van der Waals surface area contributed by atoms with Crippen molar-refractivity contribution in [1.29, 1.82) is 0 Å². The Bertz CT molecular complexity index is 591. The van der Waals surface area contributed by atoms with Gasteiger partial charge in [-0.05, 0) is 12.1 Å². The molecule has 2 rings (SSSR count). The van der Waals surface area contributed by atoms with Gasteiger partial charge < -0.3 is 10.1 Å². The van der Waals surface area contributed by atoms with Crippen LogP contribution in [-0.2, 0) is 0 Å². The highest BCUT2D eigenvalue weighted by molar-refractivity contribution is 5.76. The average molecular weight is 233 g/mol. The first-order valence-corrected chi connectivity index (χ1v) is 4.60. The van der Waals surface area contributed by atoms with Gasteiger partial charge in [-0.3, -0.25) is 14.9 Å². The van der Waals surface area contributed by atoms with Gasteiger partial charge in [0.05, 0.1) is 10.5 Å². The molecular formula is C10H7N3O4. The number of aromatic hydroxyl groups is 1. The Kier molecular flexibility index (Phi) is 2.57. The van der Waals surface area contributed by atoms with E-state index < -0.39 is 4.92 Å². The molecular weight excluding hydrogens is 226 g/mol. The minimum atomic E-state index is -0.585. The number of nitro benzene ring substituents is 1. The number of aldehydes is 1. The molecule has 0 aliphatic carbocycles. The zero-order valence-corrected chi connectivity index (χ0v) is 8.45. The first kappa shape index (κ1) is 10.8. The Hall–Kier alpha value is -2.70. The average Bonchev–Trinajstić information content (AvgIpc) is 2.76. The molecule has 0 atom stereocenters. The molecule has 0 spiro atoms. The lowest BCUT2D eigenvalue weighted by Crippen LogP contribution is -1.93. The summed E-state index contributed by atoms with van der Waals surface area (Å²) in [4.78, 5) is 27.2. The molecule has 1 heterocycles. The van der Waals surface area contributed by atoms with E-state index in [-0.39, 0.29) is 28.5 Å². The summed E-state index contributed by atoms with van der Waals surface area (Å²) in [7, 11) is 0. The topological polar surface area (TPSA) is 109 Å². The van der Waals surface area contributed by atoms with Crippen LogP contribution in [0.1, 0.15) is 10.5 Å². The van der Waals surface area contributed by atoms with Crippen molar-refractivity contribution in [3.8, 4) is 17.1 Å². The Morgan fingerprint density at radius 2 is 2.24 bits per heavy atom. The summed E-state index contributed by atoms with van der Waals surface area (Å²) in [6.07, 6.45) is 1.85. The maximum atomic E-state index is 10.8. The molecule has 86 valence electrons. The number of hydrogen-bond acceptors (Lipinski definition) is 5. The van der Waals surface area contributed by atoms with Crippen molar-refractivity contribution < 1.29 is 14.8 Å². The van der Waals surface area contributed by atoms with Crippen LogP contribution in [0.4, 0.5) is 5.69 Å². The second kappa shape index (κ2) is 4.05. The van der Waals surface area contributed by atoms with Crippen molar-refractivity contribution in [2.45, 2.75) is 0 Å². The summed E-state index contributed by atoms with van der Waals surface area (Å²) in [5.41, 5.74) is 0.0651. The van der Waals surface area contributed by atoms with Crippen LogP contribution in [0.3, 0.4) is 0 Å². The molecule has 2 N–H and O–H groups in total. The Morgan fingerprint density at radius 3 is 2.82 bits per heavy atom. The van der Waals surface area contributed by atoms with E-state index in [9.17, 15) is 20.0 Å². The van der Waals surface area contributed by atoms with E-state index in [1.807, 2.05) is 0 Å². The van der Waals surface area contributed by atoms with Crippen LogP contribution in [0.25, 0.3) is 11.4 Å². The number of phenols is 1. The smallest absolute Gasteiger partial charge is 0.280 e. The van der Waals surface area contributed by atoms with Gasteiger partial charge in [0.1, 0.15) is 17.3 Å². The molecule has 7 nitrogen and oxygen atoms in total. The highest BCUT2D eigenvalue weighted by Crippen LogP contribution is 2.30. The van der Waals surface area contributed by atoms with Gasteiger partial charge in [-0.15, -0.1) is 0 Å². The van der Waals surface area contributed by atoms with Crippen molar-refractivity contribution in [3.63, 3.8) is 0 Å². The summed E-state index contributed by atoms with van der Waals surface area (Å²) in [6.45, 7) is 0. The monoisotopic (exact) mass is 233 g/mol. The number of phenolic OH excluding ortho intramolecular Hbond substituents is 1. The van der Waals surface area contributed by atoms with Gasteiger partial charge in [-0.1, -0.05) is 0 Å². The molecule has 0 unspecified atom stereocenters. The van der Waals surface area contributed by atoms with Crippen LogP contribution < -0.4 is 0 Å². The number of carbonyl (C=O) groups is 1. The molecule has 2 aromatic rings. The van der Waals surface area contributed by atoms with Gasteiger partial charge in [-0.25, -0.2) is 4.98 Å². The van der Waals surface area contributed by atoms with E-state index in [1.54, 1.807) is 0 Å². The van der Waals surface area contributed by atoms with Gasteiger partial charge in [0.2, 0.25) is 0 Å². The molecule has 0 amide bonds. The van der Waals surface area contributed by atoms with Gasteiger partial charge in [0.15, 0.2) is 6.29 Å². The van der Waals surface area contributed by atoms with Gasteiger partial charge in [-0.2, -0.15) is 0 Å². The van der Waals surface area contributed by atoms with Crippen molar-refractivity contribution in [1.82, 2.24) is 9.97 Å². The van der Waals surface area contributed by atoms with E-state index in [2.05, 4.69) is 9.97 Å². The third-order valence-corrected chi connectivity index (χ3v) is 2.15. The number of aromatic nitrogens is 2. The SMILES string of the molecule is O=Cc1c[nH]c(-c2cc(O)ccc2[N+](=O)[O-])n1. The number of aromatic amines is 1. The van der Waals surface area contributed by atoms with Gasteiger partial charge >= 0.3 is 0 Å². The summed E-state index contributed by atoms with van der Waals surface area (Å²) >= 11 is 0. The van der Waals surface area contributed by atoms with Gasteiger partial charge in [0, 0.05) is 12.3 Å². The Balaban J connectivity index is 2.60. The fourth-order valence-electron chi connectivity index (χ4n) is 1.41. The van der Waals surface area contributed by atoms with Crippen LogP contribution in [-0.4, -0.2) is 26.3 Å². The number of imidazole rings is 1. The Morgan fingerprint density at radius 1 is 1.47 bits per heavy atom. The summed E-state index contributed by atoms with van der Waals surface area (Å²) in [5, 5.41) is 20.1. The number of H-pyrrole nitrogens is 1. The lowest BCUT2D eigenvalue weighted by molar-refractivity contribution is -0.384. The predicted molar refractivity (Wildman–Crippen MR) is 57.7 cm³/mol. The number of hydrogen-bond donors (Lipinski definition) is 2. The largest absolute Gasteiger partial charge is 0.508 e. The number of nitrogens with zero attached hydrogens (tertiary/aromatic N) is 2. The highest BCUT2D eigenvalue weighted by atomic mass is 16.6. The van der Waals surface area contributed by atoms with Crippen molar-refractivity contribution in [3.05, 3.63) is 40.2 Å². The second-order valence-corrected chi connectivity index (χ2v) is 3.25. The fraction of sp³-hybridized carbons (Fsp3) is 0. The standard InChI is InChI=1S/C10H7N3O4/c14-5-6-4-11-10(12-6)8-3-7(15)1-2-9(8)13(16)17/h1-5,15H,(H,11,12). The van der Waals surface area contributed by atoms with Crippen molar-refractivity contribution >= 4 is 12.0 Å². The maximum absolute atomic E-state index is 10.8. The lowest BCUT2D eigenvalue weighted by Gasteiger charge is -2.00. The number of rotatable bonds is 3. The quantitative estimate of drug-likeness (QED) is 0.474. The van der Waals surface area contributed by atoms with E-state index >= 15 is 0 Å². The Labute approximate surface area is 94.9 Å². The fourth-order valence-corrected chi connectivity index (χ4v) is 1.41. The molecule has 0 radical (unpaired) electrons. The molecule has 0 saturated carbocycles. The van der Waals surface area contributed by atoms with Gasteiger partial charge in [0.25, 0.3) is 5.69 Å². The number of nitrogens with one attached hydrogen (secondary N) is 1. The normalized spacial score (nSPS) is 10.1. The molecule has 1 aromatic carbocycles. The zero-order valence-electron chi connectivity index (χ0n) is 8.45. The van der Waals surface area contributed by atoms with Crippen LogP contribution in [0.5, 0.6) is 5.75 Å². The molecule has 1 aromatic heterocycles. The molecule has 0 aliphatic heterocycles. The highest BCUT2D eigenvalue weighted by Gasteiger charge is 2.18. The first-order chi connectivity index (χ1) is 8.11. The first-order valence-electron chi connectivity index (χ1n) is 4.60. The lowest BCUT2D eigenvalue weighted by atomic mass is 10.1. The second-order valence-electron chi connectivity index (χ2n) is 3.25. The van der Waals surface area contributed by atoms with E-state index in [4.69, 9.17) is 0 Å². The molecule has 0 aliphatic rings. The van der Waals surface area contributed by atoms with Crippen LogP contribution in [0.15, 0.2) is 24.4 Å². The number of nitro groups is 1. The van der Waals surface area contributed by atoms with Crippen molar-refractivity contribution in [2.24, 2.45) is 0 Å². The number of carbonyl (C=O) groups excluding carboxylic acids is 1. The summed E-state index contributed by atoms with van der Waals surface area (Å²) < 4.78 is 0. The molecule has 17 heavy (non-hydrogen) atoms. The maximum Gasteiger partial charge on any atom is 0.280 e.